The van der Waals surface area contributed by atoms with Crippen molar-refractivity contribution in [1.29, 1.82) is 0 Å². The molecule has 276 valence electrons. The van der Waals surface area contributed by atoms with Gasteiger partial charge in [0.25, 0.3) is 0 Å². The summed E-state index contributed by atoms with van der Waals surface area (Å²) in [5.41, 5.74) is 13.3. The molecule has 0 spiro atoms. The molecular weight excluding hydrogens is 719 g/mol. The van der Waals surface area contributed by atoms with Crippen molar-refractivity contribution in [3.8, 4) is 33.4 Å². The first kappa shape index (κ1) is 33.3. The summed E-state index contributed by atoms with van der Waals surface area (Å²) in [5, 5.41) is 9.25. The summed E-state index contributed by atoms with van der Waals surface area (Å²) < 4.78 is 13.5. The first-order valence-electron chi connectivity index (χ1n) is 20.1. The van der Waals surface area contributed by atoms with Gasteiger partial charge in [0, 0.05) is 38.4 Å². The van der Waals surface area contributed by atoms with E-state index >= 15 is 0 Å². The van der Waals surface area contributed by atoms with Crippen LogP contribution in [0.3, 0.4) is 0 Å². The molecule has 2 heterocycles. The van der Waals surface area contributed by atoms with Gasteiger partial charge in [-0.25, -0.2) is 0 Å². The zero-order valence-corrected chi connectivity index (χ0v) is 32.0. The maximum Gasteiger partial charge on any atom is 0.159 e. The van der Waals surface area contributed by atoms with Crippen molar-refractivity contribution in [1.82, 2.24) is 0 Å². The minimum Gasteiger partial charge on any atom is -0.455 e. The van der Waals surface area contributed by atoms with Crippen molar-refractivity contribution in [3.63, 3.8) is 0 Å². The van der Waals surface area contributed by atoms with Crippen molar-refractivity contribution >= 4 is 82.5 Å². The number of hydrogen-bond donors (Lipinski definition) is 0. The third kappa shape index (κ3) is 5.44. The second-order valence-electron chi connectivity index (χ2n) is 15.2. The van der Waals surface area contributed by atoms with E-state index in [9.17, 15) is 0 Å². The zero-order valence-electron chi connectivity index (χ0n) is 32.0. The average molecular weight is 754 g/mol. The van der Waals surface area contributed by atoms with Crippen LogP contribution in [-0.4, -0.2) is 0 Å². The third-order valence-corrected chi connectivity index (χ3v) is 11.9. The van der Waals surface area contributed by atoms with Crippen molar-refractivity contribution in [2.75, 3.05) is 4.90 Å². The van der Waals surface area contributed by atoms with Gasteiger partial charge in [0.15, 0.2) is 5.58 Å². The number of para-hydroxylation sites is 4. The SMILES string of the molecule is c1ccc(N(c2ccc(-c3ccc(-c4cccc5ccccc45)cc3)cc2)c2cccc3c2oc2ccccc23)c(-c2cccc3c2oc2cc4ccccc4cc23)c1. The predicted molar refractivity (Wildman–Crippen MR) is 247 cm³/mol. The van der Waals surface area contributed by atoms with Crippen LogP contribution in [-0.2, 0) is 0 Å². The third-order valence-electron chi connectivity index (χ3n) is 11.9. The largest absolute Gasteiger partial charge is 0.455 e. The molecule has 0 saturated heterocycles. The van der Waals surface area contributed by atoms with E-state index in [0.29, 0.717) is 0 Å². The van der Waals surface area contributed by atoms with Crippen LogP contribution in [0.5, 0.6) is 0 Å². The first-order valence-corrected chi connectivity index (χ1v) is 20.1. The molecule has 0 aliphatic heterocycles. The summed E-state index contributed by atoms with van der Waals surface area (Å²) in [7, 11) is 0. The predicted octanol–water partition coefficient (Wildman–Crippen LogP) is 16.3. The Morgan fingerprint density at radius 1 is 0.288 bits per heavy atom. The fourth-order valence-corrected chi connectivity index (χ4v) is 9.03. The quantitative estimate of drug-likeness (QED) is 0.169. The van der Waals surface area contributed by atoms with Gasteiger partial charge in [-0.05, 0) is 86.3 Å². The fourth-order valence-electron chi connectivity index (χ4n) is 9.03. The maximum absolute atomic E-state index is 6.79. The number of benzene rings is 10. The van der Waals surface area contributed by atoms with Crippen LogP contribution >= 0.6 is 0 Å². The Hall–Kier alpha value is -7.88. The molecule has 0 atom stereocenters. The molecule has 0 fully saturated rings. The van der Waals surface area contributed by atoms with Crippen molar-refractivity contribution in [2.45, 2.75) is 0 Å². The van der Waals surface area contributed by atoms with Gasteiger partial charge in [-0.1, -0.05) is 170 Å². The van der Waals surface area contributed by atoms with Crippen LogP contribution < -0.4 is 4.90 Å². The Morgan fingerprint density at radius 3 is 1.64 bits per heavy atom. The standard InChI is InChI=1S/C56H35NO2/c1-2-14-41-35-54-50(34-40(41)13-1)49-21-10-20-47(55(49)59-54)45-17-5-7-23-51(45)57(52-24-11-22-48-46-18-6-8-25-53(46)58-56(48)52)42-32-30-37(31-33-42)36-26-28-39(29-27-36)44-19-9-15-38-12-3-4-16-43(38)44/h1-35H. The molecular formula is C56H35NO2. The minimum atomic E-state index is 0.838. The highest BCUT2D eigenvalue weighted by molar-refractivity contribution is 6.15. The van der Waals surface area contributed by atoms with Crippen LogP contribution in [0.4, 0.5) is 17.1 Å². The van der Waals surface area contributed by atoms with Crippen molar-refractivity contribution in [3.05, 3.63) is 212 Å². The molecule has 2 aromatic heterocycles. The van der Waals surface area contributed by atoms with Crippen LogP contribution in [0, 0.1) is 0 Å². The Bertz CT molecular complexity index is 3550. The molecule has 0 radical (unpaired) electrons. The second kappa shape index (κ2) is 13.4. The molecule has 0 unspecified atom stereocenters. The number of rotatable bonds is 6. The van der Waals surface area contributed by atoms with Crippen molar-refractivity contribution < 1.29 is 8.83 Å². The number of nitrogens with zero attached hydrogens (tertiary/aromatic N) is 1. The molecule has 12 rings (SSSR count). The smallest absolute Gasteiger partial charge is 0.159 e. The van der Waals surface area contributed by atoms with E-state index in [1.807, 2.05) is 12.1 Å². The normalized spacial score (nSPS) is 11.7. The highest BCUT2D eigenvalue weighted by Gasteiger charge is 2.24. The summed E-state index contributed by atoms with van der Waals surface area (Å²) in [6.45, 7) is 0. The maximum atomic E-state index is 6.79. The van der Waals surface area contributed by atoms with Gasteiger partial charge in [0.1, 0.15) is 16.7 Å². The van der Waals surface area contributed by atoms with E-state index in [0.717, 1.165) is 88.6 Å². The highest BCUT2D eigenvalue weighted by Crippen LogP contribution is 2.47. The Labute approximate surface area is 340 Å². The molecule has 59 heavy (non-hydrogen) atoms. The summed E-state index contributed by atoms with van der Waals surface area (Å²) in [6, 6.07) is 75.6. The molecule has 10 aromatic carbocycles. The summed E-state index contributed by atoms with van der Waals surface area (Å²) >= 11 is 0. The fraction of sp³-hybridized carbons (Fsp3) is 0. The lowest BCUT2D eigenvalue weighted by molar-refractivity contribution is 0.669. The van der Waals surface area contributed by atoms with Gasteiger partial charge in [0.2, 0.25) is 0 Å². The van der Waals surface area contributed by atoms with Crippen LogP contribution in [0.25, 0.3) is 98.8 Å². The molecule has 0 bridgehead atoms. The van der Waals surface area contributed by atoms with Crippen LogP contribution in [0.2, 0.25) is 0 Å². The van der Waals surface area contributed by atoms with E-state index < -0.39 is 0 Å². The molecule has 0 amide bonds. The zero-order chi connectivity index (χ0) is 38.9. The lowest BCUT2D eigenvalue weighted by atomic mass is 9.96. The van der Waals surface area contributed by atoms with Gasteiger partial charge in [-0.15, -0.1) is 0 Å². The summed E-state index contributed by atoms with van der Waals surface area (Å²) in [6.07, 6.45) is 0. The minimum absolute atomic E-state index is 0.838. The topological polar surface area (TPSA) is 29.5 Å². The number of furan rings is 2. The molecule has 12 aromatic rings. The Kier molecular flexibility index (Phi) is 7.54. The molecule has 0 saturated carbocycles. The van der Waals surface area contributed by atoms with E-state index in [-0.39, 0.29) is 0 Å². The lowest BCUT2D eigenvalue weighted by Gasteiger charge is -2.28. The van der Waals surface area contributed by atoms with Gasteiger partial charge in [0.05, 0.1) is 11.4 Å². The van der Waals surface area contributed by atoms with Gasteiger partial charge in [-0.3, -0.25) is 0 Å². The van der Waals surface area contributed by atoms with Crippen LogP contribution in [0.15, 0.2) is 221 Å². The number of fused-ring (bicyclic) bond motifs is 8. The number of hydrogen-bond acceptors (Lipinski definition) is 3. The molecule has 0 aliphatic rings. The van der Waals surface area contributed by atoms with E-state index in [1.54, 1.807) is 0 Å². The van der Waals surface area contributed by atoms with Crippen LogP contribution in [0.1, 0.15) is 0 Å². The lowest BCUT2D eigenvalue weighted by Crippen LogP contribution is -2.11. The average Bonchev–Trinajstić information content (AvgIpc) is 3.87. The Morgan fingerprint density at radius 2 is 0.814 bits per heavy atom. The molecule has 3 nitrogen and oxygen atoms in total. The van der Waals surface area contributed by atoms with Gasteiger partial charge < -0.3 is 13.7 Å². The summed E-state index contributed by atoms with van der Waals surface area (Å²) in [5.74, 6) is 0. The van der Waals surface area contributed by atoms with Gasteiger partial charge >= 0.3 is 0 Å². The molecule has 0 aliphatic carbocycles. The molecule has 3 heteroatoms. The van der Waals surface area contributed by atoms with Gasteiger partial charge in [-0.2, -0.15) is 0 Å². The molecule has 0 N–H and O–H groups in total. The van der Waals surface area contributed by atoms with E-state index in [1.165, 1.54) is 27.3 Å². The Balaban J connectivity index is 1.01. The second-order valence-corrected chi connectivity index (χ2v) is 15.2. The highest BCUT2D eigenvalue weighted by atomic mass is 16.3. The summed E-state index contributed by atoms with van der Waals surface area (Å²) in [4.78, 5) is 2.34. The van der Waals surface area contributed by atoms with Crippen molar-refractivity contribution in [2.24, 2.45) is 0 Å². The number of anilines is 3. The monoisotopic (exact) mass is 753 g/mol. The first-order chi connectivity index (χ1) is 29.2. The van der Waals surface area contributed by atoms with E-state index in [4.69, 9.17) is 8.83 Å². The van der Waals surface area contributed by atoms with E-state index in [2.05, 4.69) is 205 Å².